The van der Waals surface area contributed by atoms with Gasteiger partial charge in [0.2, 0.25) is 0 Å². The second-order valence-electron chi connectivity index (χ2n) is 6.83. The minimum Gasteiger partial charge on any atom is -0.466 e. The molecule has 1 N–H and O–H groups in total. The Morgan fingerprint density at radius 1 is 1.29 bits per heavy atom. The van der Waals surface area contributed by atoms with Crippen molar-refractivity contribution in [2.45, 2.75) is 32.1 Å². The van der Waals surface area contributed by atoms with Crippen LogP contribution in [0, 0.1) is 17.8 Å². The van der Waals surface area contributed by atoms with Crippen molar-refractivity contribution in [2.24, 2.45) is 17.8 Å². The van der Waals surface area contributed by atoms with Gasteiger partial charge in [0.15, 0.2) is 0 Å². The summed E-state index contributed by atoms with van der Waals surface area (Å²) in [5, 5.41) is 0. The minimum absolute atomic E-state index is 0.0346. The van der Waals surface area contributed by atoms with Crippen LogP contribution in [0.5, 0.6) is 0 Å². The standard InChI is InChI=1S/C19H21BrN2O2/c1-2-24-19(23)17-13-4-3-12(9-13)16(17)18-21-10-15(22-18)11-5-7-14(20)8-6-11/h5-8,10,12-13,16-17H,2-4,9H2,1H3,(H,21,22)/t12-,13+,16+,17+/m0/s1. The number of hydrogen-bond donors (Lipinski definition) is 1. The van der Waals surface area contributed by atoms with E-state index in [1.54, 1.807) is 0 Å². The second kappa shape index (κ2) is 6.36. The van der Waals surface area contributed by atoms with E-state index in [-0.39, 0.29) is 17.8 Å². The zero-order valence-corrected chi connectivity index (χ0v) is 15.3. The first-order valence-electron chi connectivity index (χ1n) is 8.65. The van der Waals surface area contributed by atoms with E-state index < -0.39 is 0 Å². The Labute approximate surface area is 150 Å². The van der Waals surface area contributed by atoms with Crippen molar-refractivity contribution in [3.8, 4) is 11.3 Å². The summed E-state index contributed by atoms with van der Waals surface area (Å²) in [6.07, 6.45) is 5.35. The molecule has 5 heteroatoms. The molecule has 0 unspecified atom stereocenters. The van der Waals surface area contributed by atoms with Gasteiger partial charge in [0.05, 0.1) is 24.4 Å². The molecule has 1 aromatic heterocycles. The van der Waals surface area contributed by atoms with Crippen molar-refractivity contribution < 1.29 is 9.53 Å². The summed E-state index contributed by atoms with van der Waals surface area (Å²) >= 11 is 3.46. The van der Waals surface area contributed by atoms with E-state index in [4.69, 9.17) is 4.74 Å². The molecule has 2 bridgehead atoms. The smallest absolute Gasteiger partial charge is 0.309 e. The fourth-order valence-electron chi connectivity index (χ4n) is 4.54. The highest BCUT2D eigenvalue weighted by atomic mass is 79.9. The summed E-state index contributed by atoms with van der Waals surface area (Å²) in [6, 6.07) is 8.17. The van der Waals surface area contributed by atoms with Gasteiger partial charge < -0.3 is 9.72 Å². The zero-order valence-electron chi connectivity index (χ0n) is 13.7. The minimum atomic E-state index is -0.0451. The van der Waals surface area contributed by atoms with Crippen LogP contribution in [0.15, 0.2) is 34.9 Å². The monoisotopic (exact) mass is 388 g/mol. The van der Waals surface area contributed by atoms with Gasteiger partial charge in [-0.15, -0.1) is 0 Å². The number of hydrogen-bond acceptors (Lipinski definition) is 3. The van der Waals surface area contributed by atoms with Crippen LogP contribution in [0.25, 0.3) is 11.3 Å². The number of rotatable bonds is 4. The Morgan fingerprint density at radius 3 is 2.79 bits per heavy atom. The van der Waals surface area contributed by atoms with Gasteiger partial charge in [-0.3, -0.25) is 4.79 Å². The molecule has 4 atom stereocenters. The quantitative estimate of drug-likeness (QED) is 0.782. The van der Waals surface area contributed by atoms with Crippen LogP contribution in [0.3, 0.4) is 0 Å². The van der Waals surface area contributed by atoms with Gasteiger partial charge in [-0.25, -0.2) is 4.98 Å². The Balaban J connectivity index is 1.63. The Morgan fingerprint density at radius 2 is 2.04 bits per heavy atom. The van der Waals surface area contributed by atoms with E-state index in [1.807, 2.05) is 25.3 Å². The summed E-state index contributed by atoms with van der Waals surface area (Å²) in [4.78, 5) is 20.6. The molecule has 0 saturated heterocycles. The normalized spacial score (nSPS) is 28.2. The zero-order chi connectivity index (χ0) is 16.7. The lowest BCUT2D eigenvalue weighted by Gasteiger charge is -2.27. The van der Waals surface area contributed by atoms with Crippen molar-refractivity contribution in [2.75, 3.05) is 6.61 Å². The number of nitrogens with one attached hydrogen (secondary N) is 1. The number of esters is 1. The summed E-state index contributed by atoms with van der Waals surface area (Å²) in [5.41, 5.74) is 2.11. The summed E-state index contributed by atoms with van der Waals surface area (Å²) < 4.78 is 6.41. The van der Waals surface area contributed by atoms with Crippen LogP contribution in [0.4, 0.5) is 0 Å². The number of aromatic nitrogens is 2. The molecule has 0 radical (unpaired) electrons. The predicted octanol–water partition coefficient (Wildman–Crippen LogP) is 4.53. The molecule has 4 rings (SSSR count). The van der Waals surface area contributed by atoms with Crippen LogP contribution in [-0.4, -0.2) is 22.5 Å². The number of halogens is 1. The van der Waals surface area contributed by atoms with Crippen molar-refractivity contribution in [3.05, 3.63) is 40.8 Å². The van der Waals surface area contributed by atoms with Gasteiger partial charge in [-0.05, 0) is 55.7 Å². The maximum Gasteiger partial charge on any atom is 0.309 e. The number of carbonyl (C=O) groups excluding carboxylic acids is 1. The first kappa shape index (κ1) is 15.9. The SMILES string of the molecule is CCOC(=O)[C@@H]1[C@@H]2CC[C@@H](C2)[C@H]1c1ncc(-c2ccc(Br)cc2)[nH]1. The van der Waals surface area contributed by atoms with E-state index >= 15 is 0 Å². The third kappa shape index (κ3) is 2.69. The summed E-state index contributed by atoms with van der Waals surface area (Å²) in [5.74, 6) is 2.04. The van der Waals surface area contributed by atoms with Gasteiger partial charge in [-0.1, -0.05) is 28.1 Å². The number of carbonyl (C=O) groups is 1. The molecule has 2 aromatic rings. The molecule has 4 nitrogen and oxygen atoms in total. The highest BCUT2D eigenvalue weighted by molar-refractivity contribution is 9.10. The summed E-state index contributed by atoms with van der Waals surface area (Å²) in [7, 11) is 0. The summed E-state index contributed by atoms with van der Waals surface area (Å²) in [6.45, 7) is 2.32. The lowest BCUT2D eigenvalue weighted by atomic mass is 9.79. The van der Waals surface area contributed by atoms with E-state index in [1.165, 1.54) is 6.42 Å². The van der Waals surface area contributed by atoms with Gasteiger partial charge in [0.25, 0.3) is 0 Å². The molecule has 2 saturated carbocycles. The lowest BCUT2D eigenvalue weighted by Crippen LogP contribution is -2.30. The van der Waals surface area contributed by atoms with Gasteiger partial charge in [0.1, 0.15) is 5.82 Å². The molecule has 126 valence electrons. The third-order valence-corrected chi connectivity index (χ3v) is 6.07. The molecule has 2 fully saturated rings. The maximum absolute atomic E-state index is 12.5. The highest BCUT2D eigenvalue weighted by Gasteiger charge is 2.53. The van der Waals surface area contributed by atoms with Crippen LogP contribution >= 0.6 is 15.9 Å². The van der Waals surface area contributed by atoms with Crippen molar-refractivity contribution in [1.29, 1.82) is 0 Å². The largest absolute Gasteiger partial charge is 0.466 e. The number of imidazole rings is 1. The van der Waals surface area contributed by atoms with Gasteiger partial charge in [-0.2, -0.15) is 0 Å². The van der Waals surface area contributed by atoms with E-state index in [0.717, 1.165) is 34.4 Å². The number of fused-ring (bicyclic) bond motifs is 2. The third-order valence-electron chi connectivity index (χ3n) is 5.54. The average Bonchev–Trinajstić information content (AvgIpc) is 3.30. The topological polar surface area (TPSA) is 55.0 Å². The molecule has 2 aliphatic carbocycles. The number of H-pyrrole nitrogens is 1. The highest BCUT2D eigenvalue weighted by Crippen LogP contribution is 2.56. The van der Waals surface area contributed by atoms with Crippen molar-refractivity contribution in [1.82, 2.24) is 9.97 Å². The van der Waals surface area contributed by atoms with E-state index in [9.17, 15) is 4.79 Å². The Hall–Kier alpha value is -1.62. The van der Waals surface area contributed by atoms with Crippen molar-refractivity contribution >= 4 is 21.9 Å². The molecular formula is C19H21BrN2O2. The fraction of sp³-hybridized carbons (Fsp3) is 0.474. The Bertz CT molecular complexity index is 740. The van der Waals surface area contributed by atoms with E-state index in [2.05, 4.69) is 38.0 Å². The van der Waals surface area contributed by atoms with Crippen LogP contribution < -0.4 is 0 Å². The number of aromatic amines is 1. The van der Waals surface area contributed by atoms with Crippen LogP contribution in [0.1, 0.15) is 37.9 Å². The molecule has 1 heterocycles. The van der Waals surface area contributed by atoms with Gasteiger partial charge >= 0.3 is 5.97 Å². The number of nitrogens with zero attached hydrogens (tertiary/aromatic N) is 1. The molecule has 2 aliphatic rings. The maximum atomic E-state index is 12.5. The number of benzene rings is 1. The van der Waals surface area contributed by atoms with Crippen LogP contribution in [-0.2, 0) is 9.53 Å². The Kier molecular flexibility index (Phi) is 4.21. The lowest BCUT2D eigenvalue weighted by molar-refractivity contribution is -0.150. The fourth-order valence-corrected chi connectivity index (χ4v) is 4.81. The number of ether oxygens (including phenoxy) is 1. The molecular weight excluding hydrogens is 368 g/mol. The van der Waals surface area contributed by atoms with Gasteiger partial charge in [0, 0.05) is 10.4 Å². The first-order chi connectivity index (χ1) is 11.7. The van der Waals surface area contributed by atoms with E-state index in [0.29, 0.717) is 18.4 Å². The molecule has 0 aliphatic heterocycles. The molecule has 0 spiro atoms. The van der Waals surface area contributed by atoms with Crippen molar-refractivity contribution in [3.63, 3.8) is 0 Å². The first-order valence-corrected chi connectivity index (χ1v) is 9.44. The molecule has 24 heavy (non-hydrogen) atoms. The molecule has 1 aromatic carbocycles. The molecule has 0 amide bonds. The van der Waals surface area contributed by atoms with Crippen LogP contribution in [0.2, 0.25) is 0 Å². The predicted molar refractivity (Wildman–Crippen MR) is 95.4 cm³/mol. The average molecular weight is 389 g/mol. The second-order valence-corrected chi connectivity index (χ2v) is 7.74.